The van der Waals surface area contributed by atoms with E-state index in [9.17, 15) is 38.1 Å². The van der Waals surface area contributed by atoms with Crippen LogP contribution in [-0.2, 0) is 34.3 Å². The predicted molar refractivity (Wildman–Crippen MR) is 194 cm³/mol. The van der Waals surface area contributed by atoms with Crippen LogP contribution in [0.4, 0.5) is 10.5 Å². The van der Waals surface area contributed by atoms with E-state index in [0.29, 0.717) is 17.5 Å². The molecule has 0 bridgehead atoms. The average molecular weight is 725 g/mol. The number of non-ortho nitro benzene ring substituents is 1. The summed E-state index contributed by atoms with van der Waals surface area (Å²) in [6.45, 7) is 7.10. The minimum Gasteiger partial charge on any atom is -0.390 e. The van der Waals surface area contributed by atoms with E-state index in [1.54, 1.807) is 13.0 Å². The first-order valence-corrected chi connectivity index (χ1v) is 18.3. The number of urea groups is 1. The summed E-state index contributed by atoms with van der Waals surface area (Å²) in [5, 5.41) is 31.4. The van der Waals surface area contributed by atoms with Crippen molar-refractivity contribution in [3.63, 3.8) is 0 Å². The van der Waals surface area contributed by atoms with Crippen molar-refractivity contribution < 1.29 is 28.0 Å². The van der Waals surface area contributed by atoms with Gasteiger partial charge in [0.2, 0.25) is 15.9 Å². The topological polar surface area (TPSA) is 192 Å². The van der Waals surface area contributed by atoms with Crippen LogP contribution in [-0.4, -0.2) is 77.9 Å². The second kappa shape index (κ2) is 19.0. The van der Waals surface area contributed by atoms with E-state index in [4.69, 9.17) is 0 Å². The summed E-state index contributed by atoms with van der Waals surface area (Å²) >= 11 is 0. The lowest BCUT2D eigenvalue weighted by Gasteiger charge is -2.33. The third-order valence-corrected chi connectivity index (χ3v) is 10.4. The molecule has 0 spiro atoms. The monoisotopic (exact) mass is 724 g/mol. The quantitative estimate of drug-likeness (QED) is 0.0887. The fourth-order valence-corrected chi connectivity index (χ4v) is 7.11. The zero-order valence-electron chi connectivity index (χ0n) is 29.6. The van der Waals surface area contributed by atoms with Gasteiger partial charge in [-0.3, -0.25) is 14.9 Å². The number of benzene rings is 3. The number of amides is 3. The Hall–Kier alpha value is -4.73. The molecule has 4 atom stereocenters. The highest BCUT2D eigenvalue weighted by Crippen LogP contribution is 2.21. The number of rotatable bonds is 19. The Morgan fingerprint density at radius 1 is 0.922 bits per heavy atom. The maximum atomic E-state index is 14.0. The van der Waals surface area contributed by atoms with Crippen LogP contribution in [0.2, 0.25) is 0 Å². The van der Waals surface area contributed by atoms with Crippen molar-refractivity contribution in [3.05, 3.63) is 111 Å². The number of aliphatic hydroxyl groups excluding tert-OH is 1. The van der Waals surface area contributed by atoms with Gasteiger partial charge in [-0.05, 0) is 47.1 Å². The van der Waals surface area contributed by atoms with Crippen LogP contribution in [0, 0.1) is 26.9 Å². The molecule has 14 nitrogen and oxygen atoms in total. The molecule has 0 unspecified atom stereocenters. The van der Waals surface area contributed by atoms with Gasteiger partial charge in [0.25, 0.3) is 5.69 Å². The molecule has 0 aromatic heterocycles. The highest BCUT2D eigenvalue weighted by molar-refractivity contribution is 7.89. The molecule has 15 heteroatoms. The Morgan fingerprint density at radius 2 is 1.57 bits per heavy atom. The number of nitroso groups, excluding NO2 is 1. The average Bonchev–Trinajstić information content (AvgIpc) is 3.10. The van der Waals surface area contributed by atoms with Crippen LogP contribution in [0.1, 0.15) is 50.8 Å². The van der Waals surface area contributed by atoms with E-state index in [2.05, 4.69) is 15.8 Å². The summed E-state index contributed by atoms with van der Waals surface area (Å²) in [4.78, 5) is 50.0. The maximum Gasteiger partial charge on any atom is 0.318 e. The summed E-state index contributed by atoms with van der Waals surface area (Å²) < 4.78 is 28.9. The largest absolute Gasteiger partial charge is 0.390 e. The van der Waals surface area contributed by atoms with Gasteiger partial charge in [-0.2, -0.15) is 9.21 Å². The van der Waals surface area contributed by atoms with Gasteiger partial charge in [0.15, 0.2) is 0 Å². The lowest BCUT2D eigenvalue weighted by atomic mass is 9.96. The first-order chi connectivity index (χ1) is 24.2. The fourth-order valence-electron chi connectivity index (χ4n) is 5.49. The summed E-state index contributed by atoms with van der Waals surface area (Å²) in [5.41, 5.74) is 1.78. The number of nitrogens with one attached hydrogen (secondary N) is 2. The van der Waals surface area contributed by atoms with Gasteiger partial charge in [-0.1, -0.05) is 93.9 Å². The predicted octanol–water partition coefficient (Wildman–Crippen LogP) is 4.85. The standard InChI is InChI=1S/C36H48N6O8S/c1-6-26(4)34(39-36(45)40(5)23-29-13-10-14-30(19-29)42(47)48)35(44)38-32(20-27-11-8-7-9-12-27)33(43)24-41(22-25(2)3)51(49,50)31-17-15-28(16-18-31)21-37-46/h7-19,25-26,32-34,43H,6,20-24H2,1-5H3,(H,38,44)(H,39,45)/t26-,32-,33+,34-/m0/s1. The van der Waals surface area contributed by atoms with E-state index in [1.807, 2.05) is 51.1 Å². The number of sulfonamides is 1. The number of aliphatic hydroxyl groups is 1. The molecule has 51 heavy (non-hydrogen) atoms. The fraction of sp³-hybridized carbons (Fsp3) is 0.444. The van der Waals surface area contributed by atoms with Crippen molar-refractivity contribution in [2.24, 2.45) is 17.0 Å². The van der Waals surface area contributed by atoms with Crippen LogP contribution >= 0.6 is 0 Å². The van der Waals surface area contributed by atoms with Crippen LogP contribution in [0.15, 0.2) is 88.9 Å². The van der Waals surface area contributed by atoms with Crippen molar-refractivity contribution in [2.45, 2.75) is 76.7 Å². The van der Waals surface area contributed by atoms with Gasteiger partial charge in [-0.15, -0.1) is 0 Å². The van der Waals surface area contributed by atoms with Crippen molar-refractivity contribution >= 4 is 27.6 Å². The smallest absolute Gasteiger partial charge is 0.318 e. The van der Waals surface area contributed by atoms with E-state index in [1.165, 1.54) is 58.7 Å². The molecule has 3 aromatic carbocycles. The second-order valence-electron chi connectivity index (χ2n) is 13.1. The van der Waals surface area contributed by atoms with Gasteiger partial charge in [0, 0.05) is 38.8 Å². The third-order valence-electron chi connectivity index (χ3n) is 8.52. The number of nitrogens with zero attached hydrogens (tertiary/aromatic N) is 4. The molecule has 3 amide bonds. The number of nitro groups is 1. The summed E-state index contributed by atoms with van der Waals surface area (Å²) in [5.74, 6) is -0.986. The van der Waals surface area contributed by atoms with Gasteiger partial charge in [0.1, 0.15) is 12.6 Å². The number of hydrogen-bond acceptors (Lipinski definition) is 9. The van der Waals surface area contributed by atoms with Crippen LogP contribution in [0.3, 0.4) is 0 Å². The van der Waals surface area contributed by atoms with Gasteiger partial charge in [0.05, 0.1) is 22.0 Å². The first-order valence-electron chi connectivity index (χ1n) is 16.8. The minimum absolute atomic E-state index is 0.0116. The van der Waals surface area contributed by atoms with Crippen LogP contribution in [0.25, 0.3) is 0 Å². The maximum absolute atomic E-state index is 14.0. The normalized spacial score (nSPS) is 14.0. The number of carbonyl (C=O) groups is 2. The lowest BCUT2D eigenvalue weighted by Crippen LogP contribution is -2.58. The zero-order valence-corrected chi connectivity index (χ0v) is 30.5. The van der Waals surface area contributed by atoms with Crippen molar-refractivity contribution in [2.75, 3.05) is 20.1 Å². The second-order valence-corrected chi connectivity index (χ2v) is 15.1. The Morgan fingerprint density at radius 3 is 2.16 bits per heavy atom. The highest BCUT2D eigenvalue weighted by atomic mass is 32.2. The van der Waals surface area contributed by atoms with Gasteiger partial charge < -0.3 is 20.6 Å². The molecule has 0 aliphatic heterocycles. The number of carbonyl (C=O) groups excluding carboxylic acids is 2. The summed E-state index contributed by atoms with van der Waals surface area (Å²) in [6, 6.07) is 18.3. The molecular formula is C36H48N6O8S. The summed E-state index contributed by atoms with van der Waals surface area (Å²) in [7, 11) is -2.59. The molecule has 3 N–H and O–H groups in total. The third kappa shape index (κ3) is 11.9. The number of nitro benzene ring substituents is 1. The molecule has 276 valence electrons. The van der Waals surface area contributed by atoms with Crippen molar-refractivity contribution in [1.29, 1.82) is 0 Å². The highest BCUT2D eigenvalue weighted by Gasteiger charge is 2.34. The molecule has 3 rings (SSSR count). The molecule has 0 fully saturated rings. The van der Waals surface area contributed by atoms with Gasteiger partial charge >= 0.3 is 6.03 Å². The SMILES string of the molecule is CC[C@H](C)[C@H](NC(=O)N(C)Cc1cccc([N+](=O)[O-])c1)C(=O)N[C@@H](Cc1ccccc1)[C@H](O)CN(CC(C)C)S(=O)(=O)c1ccc(CN=O)cc1. The Bertz CT molecular complexity index is 1720. The first kappa shape index (κ1) is 40.7. The van der Waals surface area contributed by atoms with E-state index < -0.39 is 45.1 Å². The van der Waals surface area contributed by atoms with Crippen molar-refractivity contribution in [3.8, 4) is 0 Å². The van der Waals surface area contributed by atoms with Gasteiger partial charge in [-0.25, -0.2) is 13.2 Å². The molecule has 0 saturated carbocycles. The minimum atomic E-state index is -4.10. The summed E-state index contributed by atoms with van der Waals surface area (Å²) in [6.07, 6.45) is -0.656. The Labute approximate surface area is 299 Å². The molecule has 3 aromatic rings. The molecule has 0 saturated heterocycles. The van der Waals surface area contributed by atoms with E-state index >= 15 is 0 Å². The van der Waals surface area contributed by atoms with Crippen LogP contribution < -0.4 is 10.6 Å². The Kier molecular flexibility index (Phi) is 15.2. The lowest BCUT2D eigenvalue weighted by molar-refractivity contribution is -0.384. The molecule has 0 heterocycles. The molecule has 0 aliphatic carbocycles. The molecular weight excluding hydrogens is 676 g/mol. The van der Waals surface area contributed by atoms with E-state index in [0.717, 1.165) is 5.56 Å². The van der Waals surface area contributed by atoms with E-state index in [-0.39, 0.29) is 55.0 Å². The van der Waals surface area contributed by atoms with Crippen molar-refractivity contribution in [1.82, 2.24) is 19.8 Å². The molecule has 0 radical (unpaired) electrons. The zero-order chi connectivity index (χ0) is 37.7. The Balaban J connectivity index is 1.86. The molecule has 0 aliphatic rings. The number of hydrogen-bond donors (Lipinski definition) is 3. The van der Waals surface area contributed by atoms with Crippen LogP contribution in [0.5, 0.6) is 0 Å².